The number of fused-ring (bicyclic) bond motifs is 1. The van der Waals surface area contributed by atoms with Crippen LogP contribution >= 0.6 is 0 Å². The van der Waals surface area contributed by atoms with E-state index in [9.17, 15) is 0 Å². The third-order valence-corrected chi connectivity index (χ3v) is 3.50. The van der Waals surface area contributed by atoms with Crippen LogP contribution in [0.1, 0.15) is 19.5 Å². The van der Waals surface area contributed by atoms with Gasteiger partial charge in [-0.05, 0) is 41.4 Å². The van der Waals surface area contributed by atoms with Gasteiger partial charge in [-0.1, -0.05) is 44.2 Å². The predicted octanol–water partition coefficient (Wildman–Crippen LogP) is 3.77. The molecule has 0 unspecified atom stereocenters. The van der Waals surface area contributed by atoms with E-state index >= 15 is 0 Å². The largest absolute Gasteiger partial charge is 0.311 e. The highest BCUT2D eigenvalue weighted by atomic mass is 15.3. The second-order valence-corrected chi connectivity index (χ2v) is 5.81. The first-order valence-corrected chi connectivity index (χ1v) is 7.47. The number of hydrogen-bond acceptors (Lipinski definition) is 2. The molecular formula is C18H21N3. The number of rotatable bonds is 5. The minimum absolute atomic E-state index is 0.660. The van der Waals surface area contributed by atoms with Crippen molar-refractivity contribution in [3.05, 3.63) is 60.4 Å². The number of nitrogens with one attached hydrogen (secondary N) is 1. The molecule has 3 nitrogen and oxygen atoms in total. The molecule has 108 valence electrons. The van der Waals surface area contributed by atoms with Crippen molar-refractivity contribution < 1.29 is 0 Å². The van der Waals surface area contributed by atoms with Gasteiger partial charge in [0.1, 0.15) is 0 Å². The standard InChI is InChI=1S/C18H21N3/c1-14(2)12-19-13-17-9-10-21(20-17)18-8-7-15-5-3-4-6-16(15)11-18/h3-11,14,19H,12-13H2,1-2H3. The van der Waals surface area contributed by atoms with Crippen molar-refractivity contribution in [2.45, 2.75) is 20.4 Å². The summed E-state index contributed by atoms with van der Waals surface area (Å²) >= 11 is 0. The first-order chi connectivity index (χ1) is 10.2. The molecule has 3 rings (SSSR count). The minimum Gasteiger partial charge on any atom is -0.311 e. The molecule has 0 fully saturated rings. The van der Waals surface area contributed by atoms with Crippen LogP contribution in [-0.4, -0.2) is 16.3 Å². The molecule has 1 heterocycles. The molecule has 0 aliphatic heterocycles. The number of hydrogen-bond donors (Lipinski definition) is 1. The van der Waals surface area contributed by atoms with Crippen LogP contribution in [-0.2, 0) is 6.54 Å². The van der Waals surface area contributed by atoms with Crippen LogP contribution in [0, 0.1) is 5.92 Å². The Labute approximate surface area is 125 Å². The van der Waals surface area contributed by atoms with E-state index in [4.69, 9.17) is 0 Å². The molecule has 2 aromatic carbocycles. The van der Waals surface area contributed by atoms with E-state index in [1.807, 2.05) is 10.9 Å². The van der Waals surface area contributed by atoms with E-state index in [0.717, 1.165) is 24.5 Å². The maximum Gasteiger partial charge on any atom is 0.0766 e. The summed E-state index contributed by atoms with van der Waals surface area (Å²) in [7, 11) is 0. The van der Waals surface area contributed by atoms with Gasteiger partial charge in [-0.15, -0.1) is 0 Å². The summed E-state index contributed by atoms with van der Waals surface area (Å²) in [5, 5.41) is 10.6. The molecule has 1 aromatic heterocycles. The van der Waals surface area contributed by atoms with E-state index in [1.165, 1.54) is 10.8 Å². The maximum absolute atomic E-state index is 4.64. The van der Waals surface area contributed by atoms with Crippen LogP contribution in [0.15, 0.2) is 54.7 Å². The predicted molar refractivity (Wildman–Crippen MR) is 87.6 cm³/mol. The molecule has 0 spiro atoms. The van der Waals surface area contributed by atoms with E-state index in [1.54, 1.807) is 0 Å². The van der Waals surface area contributed by atoms with Crippen LogP contribution < -0.4 is 5.32 Å². The summed E-state index contributed by atoms with van der Waals surface area (Å²) in [5.74, 6) is 0.660. The Morgan fingerprint density at radius 1 is 1.05 bits per heavy atom. The zero-order valence-corrected chi connectivity index (χ0v) is 12.6. The van der Waals surface area contributed by atoms with Crippen molar-refractivity contribution in [3.8, 4) is 5.69 Å². The summed E-state index contributed by atoms with van der Waals surface area (Å²) in [4.78, 5) is 0. The molecule has 0 saturated carbocycles. The van der Waals surface area contributed by atoms with Gasteiger partial charge in [0.25, 0.3) is 0 Å². The summed E-state index contributed by atoms with van der Waals surface area (Å²) in [6, 6.07) is 16.9. The van der Waals surface area contributed by atoms with Gasteiger partial charge in [-0.25, -0.2) is 4.68 Å². The van der Waals surface area contributed by atoms with E-state index in [2.05, 4.69) is 72.8 Å². The van der Waals surface area contributed by atoms with Gasteiger partial charge in [0, 0.05) is 12.7 Å². The van der Waals surface area contributed by atoms with Crippen LogP contribution in [0.3, 0.4) is 0 Å². The summed E-state index contributed by atoms with van der Waals surface area (Å²) in [6.45, 7) is 6.25. The van der Waals surface area contributed by atoms with Gasteiger partial charge in [0.2, 0.25) is 0 Å². The van der Waals surface area contributed by atoms with Crippen LogP contribution in [0.4, 0.5) is 0 Å². The Balaban J connectivity index is 1.77. The van der Waals surface area contributed by atoms with Gasteiger partial charge in [0.15, 0.2) is 0 Å². The number of benzene rings is 2. The normalized spacial score (nSPS) is 11.4. The fraction of sp³-hybridized carbons (Fsp3) is 0.278. The van der Waals surface area contributed by atoms with E-state index in [-0.39, 0.29) is 0 Å². The fourth-order valence-corrected chi connectivity index (χ4v) is 2.41. The monoisotopic (exact) mass is 279 g/mol. The Morgan fingerprint density at radius 2 is 1.86 bits per heavy atom. The Bertz CT molecular complexity index is 728. The molecule has 21 heavy (non-hydrogen) atoms. The molecule has 3 heteroatoms. The van der Waals surface area contributed by atoms with Crippen molar-refractivity contribution in [1.82, 2.24) is 15.1 Å². The van der Waals surface area contributed by atoms with Crippen molar-refractivity contribution in [3.63, 3.8) is 0 Å². The second kappa shape index (κ2) is 6.10. The minimum atomic E-state index is 0.660. The number of nitrogens with zero attached hydrogens (tertiary/aromatic N) is 2. The smallest absolute Gasteiger partial charge is 0.0766 e. The van der Waals surface area contributed by atoms with Crippen LogP contribution in [0.25, 0.3) is 16.5 Å². The first-order valence-electron chi connectivity index (χ1n) is 7.47. The highest BCUT2D eigenvalue weighted by Crippen LogP contribution is 2.18. The van der Waals surface area contributed by atoms with Crippen molar-refractivity contribution in [1.29, 1.82) is 0 Å². The molecule has 0 amide bonds. The molecule has 0 saturated heterocycles. The fourth-order valence-electron chi connectivity index (χ4n) is 2.41. The number of aromatic nitrogens is 2. The van der Waals surface area contributed by atoms with Gasteiger partial charge in [0.05, 0.1) is 11.4 Å². The van der Waals surface area contributed by atoms with Crippen LogP contribution in [0.5, 0.6) is 0 Å². The lowest BCUT2D eigenvalue weighted by atomic mass is 10.1. The third-order valence-electron chi connectivity index (χ3n) is 3.50. The van der Waals surface area contributed by atoms with Crippen LogP contribution in [0.2, 0.25) is 0 Å². The lowest BCUT2D eigenvalue weighted by Gasteiger charge is -2.06. The summed E-state index contributed by atoms with van der Waals surface area (Å²) in [5.41, 5.74) is 2.17. The van der Waals surface area contributed by atoms with Crippen molar-refractivity contribution in [2.24, 2.45) is 5.92 Å². The molecule has 0 aliphatic carbocycles. The van der Waals surface area contributed by atoms with Gasteiger partial charge < -0.3 is 5.32 Å². The molecule has 0 aliphatic rings. The van der Waals surface area contributed by atoms with Gasteiger partial charge in [-0.2, -0.15) is 5.10 Å². The van der Waals surface area contributed by atoms with E-state index in [0.29, 0.717) is 5.92 Å². The third kappa shape index (κ3) is 3.31. The lowest BCUT2D eigenvalue weighted by molar-refractivity contribution is 0.546. The summed E-state index contributed by atoms with van der Waals surface area (Å²) < 4.78 is 1.94. The maximum atomic E-state index is 4.64. The quantitative estimate of drug-likeness (QED) is 0.770. The second-order valence-electron chi connectivity index (χ2n) is 5.81. The van der Waals surface area contributed by atoms with E-state index < -0.39 is 0 Å². The zero-order chi connectivity index (χ0) is 14.7. The highest BCUT2D eigenvalue weighted by molar-refractivity contribution is 5.84. The highest BCUT2D eigenvalue weighted by Gasteiger charge is 2.03. The molecule has 0 radical (unpaired) electrons. The molecule has 3 aromatic rings. The Morgan fingerprint density at radius 3 is 2.67 bits per heavy atom. The SMILES string of the molecule is CC(C)CNCc1ccn(-c2ccc3ccccc3c2)n1. The molecular weight excluding hydrogens is 258 g/mol. The Kier molecular flexibility index (Phi) is 4.02. The topological polar surface area (TPSA) is 29.9 Å². The van der Waals surface area contributed by atoms with Gasteiger partial charge in [-0.3, -0.25) is 0 Å². The average molecular weight is 279 g/mol. The summed E-state index contributed by atoms with van der Waals surface area (Å²) in [6.07, 6.45) is 2.02. The van der Waals surface area contributed by atoms with Crippen molar-refractivity contribution in [2.75, 3.05) is 6.54 Å². The zero-order valence-electron chi connectivity index (χ0n) is 12.6. The first kappa shape index (κ1) is 13.8. The molecule has 1 N–H and O–H groups in total. The molecule has 0 atom stereocenters. The van der Waals surface area contributed by atoms with Crippen molar-refractivity contribution >= 4 is 10.8 Å². The Hall–Kier alpha value is -2.13. The van der Waals surface area contributed by atoms with Gasteiger partial charge >= 0.3 is 0 Å². The molecule has 0 bridgehead atoms. The lowest BCUT2D eigenvalue weighted by Crippen LogP contribution is -2.19. The average Bonchev–Trinajstić information content (AvgIpc) is 2.95.